The first-order valence-corrected chi connectivity index (χ1v) is 8.19. The van der Waals surface area contributed by atoms with Crippen molar-refractivity contribution in [3.63, 3.8) is 0 Å². The van der Waals surface area contributed by atoms with Crippen molar-refractivity contribution in [1.29, 1.82) is 0 Å². The van der Waals surface area contributed by atoms with Gasteiger partial charge in [-0.1, -0.05) is 31.2 Å². The van der Waals surface area contributed by atoms with Crippen molar-refractivity contribution in [3.05, 3.63) is 41.1 Å². The monoisotopic (exact) mass is 295 g/mol. The first kappa shape index (κ1) is 13.6. The van der Waals surface area contributed by atoms with Gasteiger partial charge in [-0.25, -0.2) is 0 Å². The van der Waals surface area contributed by atoms with E-state index in [2.05, 4.69) is 35.3 Å². The molecule has 4 nitrogen and oxygen atoms in total. The van der Waals surface area contributed by atoms with Gasteiger partial charge in [0.2, 0.25) is 0 Å². The molecule has 1 aliphatic heterocycles. The van der Waals surface area contributed by atoms with E-state index in [1.165, 1.54) is 11.1 Å². The molecule has 1 aromatic heterocycles. The Morgan fingerprint density at radius 1 is 1.23 bits per heavy atom. The molecule has 1 fully saturated rings. The topological polar surface area (TPSA) is 49.0 Å². The van der Waals surface area contributed by atoms with Crippen molar-refractivity contribution in [2.45, 2.75) is 32.6 Å². The van der Waals surface area contributed by atoms with Crippen molar-refractivity contribution in [2.24, 2.45) is 5.92 Å². The van der Waals surface area contributed by atoms with Gasteiger partial charge in [0, 0.05) is 24.2 Å². The van der Waals surface area contributed by atoms with E-state index >= 15 is 0 Å². The van der Waals surface area contributed by atoms with E-state index in [1.807, 2.05) is 11.0 Å². The predicted octanol–water partition coefficient (Wildman–Crippen LogP) is 3.05. The van der Waals surface area contributed by atoms with Crippen LogP contribution in [-0.2, 0) is 12.8 Å². The largest absolute Gasteiger partial charge is 0.337 e. The lowest BCUT2D eigenvalue weighted by Crippen LogP contribution is -2.38. The number of aromatic nitrogens is 2. The molecule has 2 heterocycles. The van der Waals surface area contributed by atoms with Crippen LogP contribution in [-0.4, -0.2) is 34.1 Å². The summed E-state index contributed by atoms with van der Waals surface area (Å²) in [6, 6.07) is 8.36. The molecule has 2 aliphatic rings. The van der Waals surface area contributed by atoms with E-state index in [0.29, 0.717) is 5.69 Å². The summed E-state index contributed by atoms with van der Waals surface area (Å²) in [6.45, 7) is 3.99. The molecule has 22 heavy (non-hydrogen) atoms. The van der Waals surface area contributed by atoms with Crippen molar-refractivity contribution >= 4 is 5.91 Å². The van der Waals surface area contributed by atoms with Crippen LogP contribution in [0.3, 0.4) is 0 Å². The third kappa shape index (κ3) is 2.14. The van der Waals surface area contributed by atoms with Gasteiger partial charge in [0.25, 0.3) is 5.91 Å². The third-order valence-corrected chi connectivity index (χ3v) is 5.07. The fourth-order valence-corrected chi connectivity index (χ4v) is 3.61. The lowest BCUT2D eigenvalue weighted by molar-refractivity contribution is 0.0690. The van der Waals surface area contributed by atoms with Crippen LogP contribution in [0, 0.1) is 5.92 Å². The van der Waals surface area contributed by atoms with Crippen LogP contribution in [0.1, 0.15) is 41.4 Å². The van der Waals surface area contributed by atoms with E-state index in [1.54, 1.807) is 0 Å². The number of hydrogen-bond donors (Lipinski definition) is 1. The number of aryl methyl sites for hydroxylation is 1. The molecule has 0 atom stereocenters. The lowest BCUT2D eigenvalue weighted by Gasteiger charge is -2.30. The van der Waals surface area contributed by atoms with Crippen LogP contribution in [0.2, 0.25) is 0 Å². The summed E-state index contributed by atoms with van der Waals surface area (Å²) >= 11 is 0. The maximum atomic E-state index is 12.8. The molecule has 4 rings (SSSR count). The number of nitrogens with one attached hydrogen (secondary N) is 1. The standard InChI is InChI=1S/C18H21N3O/c1-12-8-10-21(11-9-12)18(22)17-15-7-6-13-4-2-3-5-14(13)16(15)19-20-17/h2-5,12H,6-11H2,1H3,(H,19,20). The Morgan fingerprint density at radius 3 is 2.82 bits per heavy atom. The average molecular weight is 295 g/mol. The molecule has 1 saturated heterocycles. The van der Waals surface area contributed by atoms with E-state index in [9.17, 15) is 4.79 Å². The summed E-state index contributed by atoms with van der Waals surface area (Å²) in [5, 5.41) is 7.48. The van der Waals surface area contributed by atoms with Crippen molar-refractivity contribution in [2.75, 3.05) is 13.1 Å². The molecule has 1 amide bonds. The number of carbonyl (C=O) groups is 1. The lowest BCUT2D eigenvalue weighted by atomic mass is 9.89. The van der Waals surface area contributed by atoms with E-state index < -0.39 is 0 Å². The molecule has 0 bridgehead atoms. The zero-order valence-electron chi connectivity index (χ0n) is 12.9. The van der Waals surface area contributed by atoms with Gasteiger partial charge in [-0.2, -0.15) is 5.10 Å². The zero-order valence-corrected chi connectivity index (χ0v) is 12.9. The second-order valence-corrected chi connectivity index (χ2v) is 6.56. The van der Waals surface area contributed by atoms with Gasteiger partial charge in [-0.05, 0) is 37.2 Å². The van der Waals surface area contributed by atoms with Crippen LogP contribution in [0.15, 0.2) is 24.3 Å². The Morgan fingerprint density at radius 2 is 2.00 bits per heavy atom. The Labute approximate surface area is 130 Å². The maximum absolute atomic E-state index is 12.8. The molecule has 0 radical (unpaired) electrons. The smallest absolute Gasteiger partial charge is 0.272 e. The maximum Gasteiger partial charge on any atom is 0.272 e. The summed E-state index contributed by atoms with van der Waals surface area (Å²) in [5.41, 5.74) is 5.27. The highest BCUT2D eigenvalue weighted by atomic mass is 16.2. The first-order valence-electron chi connectivity index (χ1n) is 8.19. The van der Waals surface area contributed by atoms with Crippen LogP contribution in [0.5, 0.6) is 0 Å². The van der Waals surface area contributed by atoms with Gasteiger partial charge in [-0.15, -0.1) is 0 Å². The second kappa shape index (κ2) is 5.27. The number of hydrogen-bond acceptors (Lipinski definition) is 2. The van der Waals surface area contributed by atoms with Crippen LogP contribution >= 0.6 is 0 Å². The quantitative estimate of drug-likeness (QED) is 0.879. The number of likely N-dealkylation sites (tertiary alicyclic amines) is 1. The highest BCUT2D eigenvalue weighted by Gasteiger charge is 2.29. The van der Waals surface area contributed by atoms with Gasteiger partial charge >= 0.3 is 0 Å². The molecular weight excluding hydrogens is 274 g/mol. The molecule has 1 aliphatic carbocycles. The molecule has 1 aromatic carbocycles. The Bertz CT molecular complexity index is 711. The van der Waals surface area contributed by atoms with Crippen molar-refractivity contribution in [3.8, 4) is 11.3 Å². The van der Waals surface area contributed by atoms with Crippen LogP contribution in [0.4, 0.5) is 0 Å². The molecule has 0 unspecified atom stereocenters. The third-order valence-electron chi connectivity index (χ3n) is 5.07. The van der Waals surface area contributed by atoms with Gasteiger partial charge in [0.05, 0.1) is 5.69 Å². The zero-order chi connectivity index (χ0) is 15.1. The summed E-state index contributed by atoms with van der Waals surface area (Å²) < 4.78 is 0. The van der Waals surface area contributed by atoms with E-state index in [-0.39, 0.29) is 5.91 Å². The fraction of sp³-hybridized carbons (Fsp3) is 0.444. The minimum atomic E-state index is 0.125. The summed E-state index contributed by atoms with van der Waals surface area (Å²) in [6.07, 6.45) is 4.09. The molecule has 4 heteroatoms. The Hall–Kier alpha value is -2.10. The normalized spacial score (nSPS) is 18.0. The van der Waals surface area contributed by atoms with Crippen LogP contribution in [0.25, 0.3) is 11.3 Å². The molecular formula is C18H21N3O. The fourth-order valence-electron chi connectivity index (χ4n) is 3.61. The van der Waals surface area contributed by atoms with E-state index in [0.717, 1.165) is 55.9 Å². The predicted molar refractivity (Wildman–Crippen MR) is 85.7 cm³/mol. The first-order chi connectivity index (χ1) is 10.7. The number of H-pyrrole nitrogens is 1. The number of fused-ring (bicyclic) bond motifs is 3. The molecule has 2 aromatic rings. The SMILES string of the molecule is CC1CCN(C(=O)c2[nH]nc3c2CCc2ccccc2-3)CC1. The Kier molecular flexibility index (Phi) is 3.25. The molecule has 1 N–H and O–H groups in total. The summed E-state index contributed by atoms with van der Waals surface area (Å²) in [7, 11) is 0. The Balaban J connectivity index is 1.66. The highest BCUT2D eigenvalue weighted by Crippen LogP contribution is 2.34. The van der Waals surface area contributed by atoms with Crippen molar-refractivity contribution in [1.82, 2.24) is 15.1 Å². The number of benzene rings is 1. The number of rotatable bonds is 1. The number of amides is 1. The molecule has 0 saturated carbocycles. The molecule has 114 valence electrons. The van der Waals surface area contributed by atoms with Gasteiger partial charge < -0.3 is 4.90 Å². The minimum Gasteiger partial charge on any atom is -0.337 e. The number of carbonyl (C=O) groups excluding carboxylic acids is 1. The minimum absolute atomic E-state index is 0.125. The van der Waals surface area contributed by atoms with Gasteiger partial charge in [0.15, 0.2) is 0 Å². The number of piperidine rings is 1. The van der Waals surface area contributed by atoms with E-state index in [4.69, 9.17) is 0 Å². The summed E-state index contributed by atoms with van der Waals surface area (Å²) in [5.74, 6) is 0.853. The van der Waals surface area contributed by atoms with Crippen molar-refractivity contribution < 1.29 is 4.79 Å². The highest BCUT2D eigenvalue weighted by molar-refractivity contribution is 5.96. The average Bonchev–Trinajstić information content (AvgIpc) is 2.99. The number of aromatic amines is 1. The van der Waals surface area contributed by atoms with Gasteiger partial charge in [0.1, 0.15) is 5.69 Å². The van der Waals surface area contributed by atoms with Gasteiger partial charge in [-0.3, -0.25) is 9.89 Å². The summed E-state index contributed by atoms with van der Waals surface area (Å²) in [4.78, 5) is 14.8. The number of nitrogens with zero attached hydrogens (tertiary/aromatic N) is 2. The molecule has 0 spiro atoms. The van der Waals surface area contributed by atoms with Crippen LogP contribution < -0.4 is 0 Å². The second-order valence-electron chi connectivity index (χ2n) is 6.56.